The van der Waals surface area contributed by atoms with E-state index in [0.29, 0.717) is 30.9 Å². The van der Waals surface area contributed by atoms with E-state index in [1.807, 2.05) is 29.2 Å². The van der Waals surface area contributed by atoms with E-state index in [9.17, 15) is 9.59 Å². The maximum atomic E-state index is 12.5. The van der Waals surface area contributed by atoms with E-state index in [-0.39, 0.29) is 17.9 Å². The Labute approximate surface area is 176 Å². The van der Waals surface area contributed by atoms with Gasteiger partial charge in [-0.1, -0.05) is 18.2 Å². The van der Waals surface area contributed by atoms with Gasteiger partial charge in [-0.15, -0.1) is 0 Å². The number of likely N-dealkylation sites (tertiary alicyclic amines) is 1. The summed E-state index contributed by atoms with van der Waals surface area (Å²) in [5, 5.41) is 2.91. The highest BCUT2D eigenvalue weighted by molar-refractivity contribution is 5.94. The van der Waals surface area contributed by atoms with Gasteiger partial charge in [0, 0.05) is 56.0 Å². The van der Waals surface area contributed by atoms with Crippen molar-refractivity contribution < 1.29 is 14.3 Å². The topological polar surface area (TPSA) is 71.5 Å². The second-order valence-corrected chi connectivity index (χ2v) is 7.80. The summed E-state index contributed by atoms with van der Waals surface area (Å²) in [4.78, 5) is 31.0. The van der Waals surface area contributed by atoms with Crippen molar-refractivity contribution in [2.75, 3.05) is 13.1 Å². The van der Waals surface area contributed by atoms with Crippen molar-refractivity contribution in [2.45, 2.75) is 44.8 Å². The Morgan fingerprint density at radius 2 is 2.03 bits per heavy atom. The predicted octanol–water partition coefficient (Wildman–Crippen LogP) is 3.49. The van der Waals surface area contributed by atoms with Gasteiger partial charge in [0.2, 0.25) is 5.91 Å². The molecule has 0 spiro atoms. The molecule has 1 aromatic heterocycles. The summed E-state index contributed by atoms with van der Waals surface area (Å²) in [5.41, 5.74) is 2.49. The molecular weight excluding hydrogens is 378 g/mol. The van der Waals surface area contributed by atoms with Crippen LogP contribution in [0.15, 0.2) is 60.4 Å². The standard InChI is InChI=1S/C24H27N3O3/c28-23(26-17-18-5-4-12-25-16-18)20-8-3-9-22(15-20)30-21-10-13-27(14-11-21)24(29)19-6-1-2-7-19/h3-6,8-9,12,15-16,21H,1-2,7,10-11,13-14,17H2,(H,26,28). The molecule has 0 atom stereocenters. The van der Waals surface area contributed by atoms with Gasteiger partial charge in [0.05, 0.1) is 0 Å². The van der Waals surface area contributed by atoms with E-state index in [1.165, 1.54) is 0 Å². The van der Waals surface area contributed by atoms with Gasteiger partial charge in [-0.2, -0.15) is 0 Å². The lowest BCUT2D eigenvalue weighted by Gasteiger charge is -2.32. The number of rotatable bonds is 6. The number of carbonyl (C=O) groups is 2. The molecule has 2 aliphatic rings. The number of nitrogens with one attached hydrogen (secondary N) is 1. The van der Waals surface area contributed by atoms with Crippen molar-refractivity contribution in [3.05, 3.63) is 71.6 Å². The van der Waals surface area contributed by atoms with Crippen LogP contribution < -0.4 is 10.1 Å². The lowest BCUT2D eigenvalue weighted by Crippen LogP contribution is -2.42. The summed E-state index contributed by atoms with van der Waals surface area (Å²) in [6.07, 6.45) is 10.2. The maximum Gasteiger partial charge on any atom is 0.251 e. The molecule has 30 heavy (non-hydrogen) atoms. The monoisotopic (exact) mass is 405 g/mol. The molecule has 2 amide bonds. The minimum Gasteiger partial charge on any atom is -0.490 e. The van der Waals surface area contributed by atoms with Crippen LogP contribution in [0.25, 0.3) is 0 Å². The Hall–Kier alpha value is -3.15. The van der Waals surface area contributed by atoms with Crippen molar-refractivity contribution in [3.63, 3.8) is 0 Å². The second kappa shape index (κ2) is 9.57. The summed E-state index contributed by atoms with van der Waals surface area (Å²) < 4.78 is 6.12. The zero-order valence-electron chi connectivity index (χ0n) is 17.0. The van der Waals surface area contributed by atoms with E-state index in [0.717, 1.165) is 43.2 Å². The zero-order chi connectivity index (χ0) is 20.8. The summed E-state index contributed by atoms with van der Waals surface area (Å²) in [5.74, 6) is 0.736. The molecule has 1 fully saturated rings. The average molecular weight is 405 g/mol. The molecule has 0 unspecified atom stereocenters. The van der Waals surface area contributed by atoms with E-state index in [4.69, 9.17) is 4.74 Å². The number of piperidine rings is 1. The summed E-state index contributed by atoms with van der Waals surface area (Å²) in [7, 11) is 0. The third-order valence-electron chi connectivity index (χ3n) is 5.62. The minimum atomic E-state index is -0.144. The first-order valence-electron chi connectivity index (χ1n) is 10.6. The fourth-order valence-electron chi connectivity index (χ4n) is 3.94. The Morgan fingerprint density at radius 3 is 2.77 bits per heavy atom. The molecule has 6 heteroatoms. The van der Waals surface area contributed by atoms with Gasteiger partial charge in [-0.25, -0.2) is 0 Å². The molecule has 1 saturated heterocycles. The second-order valence-electron chi connectivity index (χ2n) is 7.80. The van der Waals surface area contributed by atoms with Gasteiger partial charge in [-0.3, -0.25) is 14.6 Å². The third-order valence-corrected chi connectivity index (χ3v) is 5.62. The summed E-state index contributed by atoms with van der Waals surface area (Å²) in [6.45, 7) is 1.86. The quantitative estimate of drug-likeness (QED) is 0.799. The van der Waals surface area contributed by atoms with Crippen LogP contribution in [0.1, 0.15) is 48.0 Å². The normalized spacial score (nSPS) is 16.8. The van der Waals surface area contributed by atoms with Gasteiger partial charge in [-0.05, 0) is 49.1 Å². The molecule has 1 N–H and O–H groups in total. The van der Waals surface area contributed by atoms with Gasteiger partial charge in [0.25, 0.3) is 5.91 Å². The third kappa shape index (κ3) is 5.06. The molecule has 1 aliphatic heterocycles. The smallest absolute Gasteiger partial charge is 0.251 e. The fraction of sp³-hybridized carbons (Fsp3) is 0.375. The number of nitrogens with zero attached hydrogens (tertiary/aromatic N) is 2. The number of ether oxygens (including phenoxy) is 1. The number of allylic oxidation sites excluding steroid dienone is 1. The van der Waals surface area contributed by atoms with Crippen LogP contribution >= 0.6 is 0 Å². The van der Waals surface area contributed by atoms with Crippen LogP contribution in [0, 0.1) is 0 Å². The minimum absolute atomic E-state index is 0.0558. The van der Waals surface area contributed by atoms with Gasteiger partial charge < -0.3 is 15.0 Å². The molecule has 1 aromatic carbocycles. The first-order valence-corrected chi connectivity index (χ1v) is 10.6. The number of aromatic nitrogens is 1. The Balaban J connectivity index is 1.28. The molecule has 0 saturated carbocycles. The first kappa shape index (κ1) is 20.1. The molecule has 0 radical (unpaired) electrons. The summed E-state index contributed by atoms with van der Waals surface area (Å²) >= 11 is 0. The number of amides is 2. The maximum absolute atomic E-state index is 12.5. The Bertz CT molecular complexity index is 918. The molecule has 4 rings (SSSR count). The van der Waals surface area contributed by atoms with Gasteiger partial charge >= 0.3 is 0 Å². The number of benzene rings is 1. The first-order chi connectivity index (χ1) is 14.7. The van der Waals surface area contributed by atoms with Crippen LogP contribution in [-0.4, -0.2) is 40.9 Å². The molecule has 2 heterocycles. The van der Waals surface area contributed by atoms with E-state index in [1.54, 1.807) is 24.5 Å². The fourth-order valence-corrected chi connectivity index (χ4v) is 3.94. The highest BCUT2D eigenvalue weighted by Gasteiger charge is 2.26. The van der Waals surface area contributed by atoms with Gasteiger partial charge in [0.1, 0.15) is 11.9 Å². The number of pyridine rings is 1. The van der Waals surface area contributed by atoms with Crippen LogP contribution in [-0.2, 0) is 11.3 Å². The number of hydrogen-bond acceptors (Lipinski definition) is 4. The molecule has 0 bridgehead atoms. The van der Waals surface area contributed by atoms with Crippen LogP contribution in [0.4, 0.5) is 0 Å². The molecule has 1 aliphatic carbocycles. The van der Waals surface area contributed by atoms with Crippen molar-refractivity contribution in [1.82, 2.24) is 15.2 Å². The van der Waals surface area contributed by atoms with E-state index in [2.05, 4.69) is 16.4 Å². The van der Waals surface area contributed by atoms with E-state index < -0.39 is 0 Å². The van der Waals surface area contributed by atoms with Crippen LogP contribution in [0.5, 0.6) is 5.75 Å². The van der Waals surface area contributed by atoms with Crippen molar-refractivity contribution in [1.29, 1.82) is 0 Å². The SMILES string of the molecule is O=C(NCc1cccnc1)c1cccc(OC2CCN(C(=O)C3=CCCC3)CC2)c1. The molecule has 156 valence electrons. The highest BCUT2D eigenvalue weighted by Crippen LogP contribution is 2.24. The lowest BCUT2D eigenvalue weighted by atomic mass is 10.1. The Kier molecular flexibility index (Phi) is 6.42. The van der Waals surface area contributed by atoms with E-state index >= 15 is 0 Å². The van der Waals surface area contributed by atoms with Crippen LogP contribution in [0.3, 0.4) is 0 Å². The predicted molar refractivity (Wildman–Crippen MR) is 114 cm³/mol. The average Bonchev–Trinajstić information content (AvgIpc) is 3.33. The molecule has 6 nitrogen and oxygen atoms in total. The lowest BCUT2D eigenvalue weighted by molar-refractivity contribution is -0.129. The number of carbonyl (C=O) groups excluding carboxylic acids is 2. The van der Waals surface area contributed by atoms with Gasteiger partial charge in [0.15, 0.2) is 0 Å². The van der Waals surface area contributed by atoms with Crippen molar-refractivity contribution >= 4 is 11.8 Å². The molecular formula is C24H27N3O3. The largest absolute Gasteiger partial charge is 0.490 e. The highest BCUT2D eigenvalue weighted by atomic mass is 16.5. The Morgan fingerprint density at radius 1 is 1.17 bits per heavy atom. The number of hydrogen-bond donors (Lipinski definition) is 1. The zero-order valence-corrected chi connectivity index (χ0v) is 17.0. The molecule has 2 aromatic rings. The van der Waals surface area contributed by atoms with Crippen molar-refractivity contribution in [3.8, 4) is 5.75 Å². The van der Waals surface area contributed by atoms with Crippen molar-refractivity contribution in [2.24, 2.45) is 0 Å². The summed E-state index contributed by atoms with van der Waals surface area (Å²) in [6, 6.07) is 11.0. The van der Waals surface area contributed by atoms with Crippen LogP contribution in [0.2, 0.25) is 0 Å².